The summed E-state index contributed by atoms with van der Waals surface area (Å²) in [5, 5.41) is 14.7. The van der Waals surface area contributed by atoms with Gasteiger partial charge in [-0.1, -0.05) is 23.5 Å². The summed E-state index contributed by atoms with van der Waals surface area (Å²) in [6, 6.07) is 13.0. The Morgan fingerprint density at radius 3 is 2.52 bits per heavy atom. The zero-order valence-electron chi connectivity index (χ0n) is 14.4. The van der Waals surface area contributed by atoms with E-state index in [1.165, 1.54) is 23.5 Å². The number of anilines is 2. The Morgan fingerprint density at radius 2 is 1.81 bits per heavy atom. The Balaban J connectivity index is 1.45. The van der Waals surface area contributed by atoms with E-state index in [0.717, 1.165) is 16.3 Å². The molecule has 2 N–H and O–H groups in total. The maximum absolute atomic E-state index is 12.9. The molecule has 9 heteroatoms. The van der Waals surface area contributed by atoms with Crippen molar-refractivity contribution in [3.63, 3.8) is 0 Å². The van der Waals surface area contributed by atoms with Gasteiger partial charge in [0, 0.05) is 17.2 Å². The molecule has 0 bridgehead atoms. The smallest absolute Gasteiger partial charge is 0.325 e. The summed E-state index contributed by atoms with van der Waals surface area (Å²) in [7, 11) is 1.58. The molecular formula is C18H17FN4O2S2. The van der Waals surface area contributed by atoms with Crippen LogP contribution in [0.2, 0.25) is 0 Å². The highest BCUT2D eigenvalue weighted by molar-refractivity contribution is 7.97. The molecule has 0 saturated carbocycles. The molecule has 140 valence electrons. The van der Waals surface area contributed by atoms with E-state index in [9.17, 15) is 9.18 Å². The number of urea groups is 1. The van der Waals surface area contributed by atoms with Gasteiger partial charge >= 0.3 is 6.03 Å². The van der Waals surface area contributed by atoms with Crippen LogP contribution in [-0.2, 0) is 11.5 Å². The molecule has 0 aliphatic heterocycles. The van der Waals surface area contributed by atoms with Crippen LogP contribution < -0.4 is 15.4 Å². The minimum Gasteiger partial charge on any atom is -0.497 e. The van der Waals surface area contributed by atoms with Crippen LogP contribution in [0.15, 0.2) is 48.5 Å². The molecule has 0 saturated heterocycles. The lowest BCUT2D eigenvalue weighted by atomic mass is 10.2. The second-order valence-corrected chi connectivity index (χ2v) is 7.48. The fourth-order valence-corrected chi connectivity index (χ4v) is 3.91. The summed E-state index contributed by atoms with van der Waals surface area (Å²) < 4.78 is 18.0. The first kappa shape index (κ1) is 19.1. The third-order valence-corrected chi connectivity index (χ3v) is 5.48. The summed E-state index contributed by atoms with van der Waals surface area (Å²) in [5.74, 6) is 1.89. The van der Waals surface area contributed by atoms with E-state index in [1.54, 1.807) is 55.3 Å². The molecule has 0 radical (unpaired) electrons. The molecule has 2 amide bonds. The largest absolute Gasteiger partial charge is 0.497 e. The average molecular weight is 404 g/mol. The summed E-state index contributed by atoms with van der Waals surface area (Å²) in [5.41, 5.74) is 1.69. The molecule has 1 aromatic heterocycles. The van der Waals surface area contributed by atoms with Crippen molar-refractivity contribution in [3.05, 3.63) is 64.9 Å². The Kier molecular flexibility index (Phi) is 6.61. The quantitative estimate of drug-likeness (QED) is 0.594. The number of aromatic nitrogens is 2. The number of carbonyl (C=O) groups excluding carboxylic acids is 1. The number of amides is 2. The normalized spacial score (nSPS) is 10.4. The van der Waals surface area contributed by atoms with Crippen molar-refractivity contribution in [2.75, 3.05) is 17.7 Å². The topological polar surface area (TPSA) is 76.1 Å². The van der Waals surface area contributed by atoms with Crippen LogP contribution in [-0.4, -0.2) is 23.3 Å². The molecule has 27 heavy (non-hydrogen) atoms. The summed E-state index contributed by atoms with van der Waals surface area (Å²) >= 11 is 2.97. The van der Waals surface area contributed by atoms with E-state index >= 15 is 0 Å². The lowest BCUT2D eigenvalue weighted by Crippen LogP contribution is -2.19. The average Bonchev–Trinajstić information content (AvgIpc) is 3.11. The fourth-order valence-electron chi connectivity index (χ4n) is 2.13. The molecule has 0 aliphatic rings. The van der Waals surface area contributed by atoms with Gasteiger partial charge in [-0.05, 0) is 42.0 Å². The molecule has 3 rings (SSSR count). The summed E-state index contributed by atoms with van der Waals surface area (Å²) in [6.45, 7) is 0. The second kappa shape index (κ2) is 9.33. The minimum absolute atomic E-state index is 0.239. The molecule has 3 aromatic rings. The molecule has 0 unspecified atom stereocenters. The van der Waals surface area contributed by atoms with Crippen molar-refractivity contribution in [1.29, 1.82) is 0 Å². The SMILES string of the molecule is COc1ccc(NC(=O)Nc2nnc(CSCc3ccc(F)cc3)s2)cc1. The lowest BCUT2D eigenvalue weighted by molar-refractivity contribution is 0.262. The van der Waals surface area contributed by atoms with Crippen LogP contribution in [0.1, 0.15) is 10.6 Å². The first-order chi connectivity index (χ1) is 13.1. The van der Waals surface area contributed by atoms with Gasteiger partial charge in [-0.25, -0.2) is 9.18 Å². The minimum atomic E-state index is -0.387. The molecule has 1 heterocycles. The van der Waals surface area contributed by atoms with Gasteiger partial charge in [0.05, 0.1) is 7.11 Å². The monoisotopic (exact) mass is 404 g/mol. The lowest BCUT2D eigenvalue weighted by Gasteiger charge is -2.05. The highest BCUT2D eigenvalue weighted by atomic mass is 32.2. The maximum atomic E-state index is 12.9. The number of nitrogens with one attached hydrogen (secondary N) is 2. The first-order valence-electron chi connectivity index (χ1n) is 7.99. The van der Waals surface area contributed by atoms with Gasteiger partial charge in [0.2, 0.25) is 5.13 Å². The van der Waals surface area contributed by atoms with Crippen LogP contribution in [0.3, 0.4) is 0 Å². The van der Waals surface area contributed by atoms with Crippen LogP contribution in [0.25, 0.3) is 0 Å². The van der Waals surface area contributed by atoms with Gasteiger partial charge in [-0.15, -0.1) is 22.0 Å². The molecule has 0 aliphatic carbocycles. The molecule has 6 nitrogen and oxygen atoms in total. The van der Waals surface area contributed by atoms with Gasteiger partial charge in [-0.2, -0.15) is 0 Å². The van der Waals surface area contributed by atoms with E-state index in [0.29, 0.717) is 22.3 Å². The maximum Gasteiger partial charge on any atom is 0.325 e. The van der Waals surface area contributed by atoms with Gasteiger partial charge in [0.1, 0.15) is 16.6 Å². The molecule has 0 spiro atoms. The molecule has 0 atom stereocenters. The first-order valence-corrected chi connectivity index (χ1v) is 9.96. The zero-order valence-corrected chi connectivity index (χ0v) is 16.1. The third kappa shape index (κ3) is 5.93. The Labute approximate surface area is 164 Å². The highest BCUT2D eigenvalue weighted by Gasteiger charge is 2.09. The van der Waals surface area contributed by atoms with E-state index < -0.39 is 0 Å². The number of ether oxygens (including phenoxy) is 1. The predicted octanol–water partition coefficient (Wildman–Crippen LogP) is 4.76. The van der Waals surface area contributed by atoms with Gasteiger partial charge in [-0.3, -0.25) is 5.32 Å². The Hall–Kier alpha value is -2.65. The van der Waals surface area contributed by atoms with Crippen LogP contribution in [0.5, 0.6) is 5.75 Å². The summed E-state index contributed by atoms with van der Waals surface area (Å²) in [4.78, 5) is 12.0. The van der Waals surface area contributed by atoms with Crippen LogP contribution in [0, 0.1) is 5.82 Å². The Morgan fingerprint density at radius 1 is 1.07 bits per heavy atom. The number of methoxy groups -OCH3 is 1. The standard InChI is InChI=1S/C18H17FN4O2S2/c1-25-15-8-6-14(7-9-15)20-17(24)21-18-23-22-16(27-18)11-26-10-12-2-4-13(19)5-3-12/h2-9H,10-11H2,1H3,(H2,20,21,23,24). The van der Waals surface area contributed by atoms with E-state index in [-0.39, 0.29) is 11.8 Å². The molecule has 2 aromatic carbocycles. The number of halogens is 1. The van der Waals surface area contributed by atoms with Crippen molar-refractivity contribution in [2.45, 2.75) is 11.5 Å². The van der Waals surface area contributed by atoms with Crippen LogP contribution >= 0.6 is 23.1 Å². The second-order valence-electron chi connectivity index (χ2n) is 5.43. The van der Waals surface area contributed by atoms with Gasteiger partial charge < -0.3 is 10.1 Å². The number of carbonyl (C=O) groups is 1. The van der Waals surface area contributed by atoms with Crippen molar-refractivity contribution >= 4 is 39.9 Å². The van der Waals surface area contributed by atoms with Gasteiger partial charge in [0.15, 0.2) is 0 Å². The number of hydrogen-bond acceptors (Lipinski definition) is 6. The predicted molar refractivity (Wildman–Crippen MR) is 107 cm³/mol. The number of rotatable bonds is 7. The summed E-state index contributed by atoms with van der Waals surface area (Å²) in [6.07, 6.45) is 0. The van der Waals surface area contributed by atoms with Crippen molar-refractivity contribution in [1.82, 2.24) is 10.2 Å². The Bertz CT molecular complexity index is 885. The van der Waals surface area contributed by atoms with E-state index in [2.05, 4.69) is 20.8 Å². The number of nitrogens with zero attached hydrogens (tertiary/aromatic N) is 2. The number of benzene rings is 2. The zero-order chi connectivity index (χ0) is 19.1. The fraction of sp³-hybridized carbons (Fsp3) is 0.167. The van der Waals surface area contributed by atoms with Crippen molar-refractivity contribution < 1.29 is 13.9 Å². The van der Waals surface area contributed by atoms with Crippen molar-refractivity contribution in [2.24, 2.45) is 0 Å². The molecular weight excluding hydrogens is 387 g/mol. The third-order valence-electron chi connectivity index (χ3n) is 3.44. The van der Waals surface area contributed by atoms with Crippen molar-refractivity contribution in [3.8, 4) is 5.75 Å². The highest BCUT2D eigenvalue weighted by Crippen LogP contribution is 2.23. The molecule has 0 fully saturated rings. The van der Waals surface area contributed by atoms with Crippen LogP contribution in [0.4, 0.5) is 20.0 Å². The van der Waals surface area contributed by atoms with E-state index in [4.69, 9.17) is 4.74 Å². The van der Waals surface area contributed by atoms with Gasteiger partial charge in [0.25, 0.3) is 0 Å². The number of hydrogen-bond donors (Lipinski definition) is 2. The van der Waals surface area contributed by atoms with E-state index in [1.807, 2.05) is 0 Å². The number of thioether (sulfide) groups is 1.